The van der Waals surface area contributed by atoms with Gasteiger partial charge in [-0.1, -0.05) is 42.5 Å². The van der Waals surface area contributed by atoms with E-state index < -0.39 is 23.8 Å². The van der Waals surface area contributed by atoms with Gasteiger partial charge >= 0.3 is 11.9 Å². The molecule has 0 radical (unpaired) electrons. The first-order chi connectivity index (χ1) is 14.9. The molecule has 1 heterocycles. The van der Waals surface area contributed by atoms with Crippen LogP contribution in [-0.4, -0.2) is 49.5 Å². The summed E-state index contributed by atoms with van der Waals surface area (Å²) in [6.45, 7) is 1.43. The number of ether oxygens (including phenoxy) is 2. The molecule has 0 N–H and O–H groups in total. The van der Waals surface area contributed by atoms with Crippen LogP contribution in [0.5, 0.6) is 0 Å². The number of benzene rings is 2. The summed E-state index contributed by atoms with van der Waals surface area (Å²) in [4.78, 5) is 49.6. The van der Waals surface area contributed by atoms with Gasteiger partial charge in [-0.2, -0.15) is 5.10 Å². The maximum atomic E-state index is 13.1. The minimum absolute atomic E-state index is 0.0695. The normalized spacial score (nSPS) is 15.5. The van der Waals surface area contributed by atoms with Gasteiger partial charge in [-0.3, -0.25) is 9.59 Å². The van der Waals surface area contributed by atoms with Crippen molar-refractivity contribution >= 4 is 34.9 Å². The summed E-state index contributed by atoms with van der Waals surface area (Å²) in [5.41, 5.74) is 1.06. The number of hydrazone groups is 1. The first kappa shape index (κ1) is 21.6. The van der Waals surface area contributed by atoms with Gasteiger partial charge in [0.05, 0.1) is 25.5 Å². The lowest BCUT2D eigenvalue weighted by Gasteiger charge is -2.31. The van der Waals surface area contributed by atoms with Gasteiger partial charge in [0.15, 0.2) is 11.8 Å². The molecule has 2 aromatic carbocycles. The largest absolute Gasteiger partial charge is 0.467 e. The van der Waals surface area contributed by atoms with E-state index in [0.717, 1.165) is 0 Å². The predicted octanol–water partition coefficient (Wildman–Crippen LogP) is 2.59. The summed E-state index contributed by atoms with van der Waals surface area (Å²) in [7, 11) is 2.37. The zero-order valence-electron chi connectivity index (χ0n) is 17.2. The lowest BCUT2D eigenvalue weighted by Crippen LogP contribution is -2.46. The molecule has 1 atom stereocenters. The molecular weight excluding hydrogens is 400 g/mol. The molecule has 158 valence electrons. The number of allylic oxidation sites excluding steroid dienone is 1. The quantitative estimate of drug-likeness (QED) is 0.523. The molecule has 8 heteroatoms. The number of hydrogen-bond acceptors (Lipinski definition) is 8. The van der Waals surface area contributed by atoms with Crippen molar-refractivity contribution in [2.75, 3.05) is 19.2 Å². The van der Waals surface area contributed by atoms with Crippen LogP contribution in [-0.2, 0) is 19.1 Å². The standard InChI is InChI=1S/C23H20N2O6/c1-14(26)15-9-11-16(12-10-15)21(27)19-13-18(22(28)30-2)20(23(29)31-3)25(24-19)17-7-5-4-6-8-17/h4-13,20H,1-3H3. The lowest BCUT2D eigenvalue weighted by atomic mass is 9.97. The maximum Gasteiger partial charge on any atom is 0.336 e. The van der Waals surface area contributed by atoms with Crippen molar-refractivity contribution in [1.82, 2.24) is 0 Å². The third kappa shape index (κ3) is 4.42. The number of methoxy groups -OCH3 is 2. The zero-order valence-corrected chi connectivity index (χ0v) is 17.2. The Bertz CT molecular complexity index is 1090. The Kier molecular flexibility index (Phi) is 6.40. The van der Waals surface area contributed by atoms with E-state index in [0.29, 0.717) is 11.3 Å². The van der Waals surface area contributed by atoms with Crippen LogP contribution in [0.4, 0.5) is 5.69 Å². The number of esters is 2. The number of nitrogens with zero attached hydrogens (tertiary/aromatic N) is 2. The average Bonchev–Trinajstić information content (AvgIpc) is 2.82. The first-order valence-corrected chi connectivity index (χ1v) is 9.33. The van der Waals surface area contributed by atoms with E-state index in [-0.39, 0.29) is 22.6 Å². The van der Waals surface area contributed by atoms with Gasteiger partial charge in [0.2, 0.25) is 5.78 Å². The molecule has 0 bridgehead atoms. The first-order valence-electron chi connectivity index (χ1n) is 9.33. The molecule has 0 aliphatic carbocycles. The Labute approximate surface area is 178 Å². The summed E-state index contributed by atoms with van der Waals surface area (Å²) in [5.74, 6) is -2.14. The number of carbonyl (C=O) groups excluding carboxylic acids is 4. The van der Waals surface area contributed by atoms with E-state index in [1.165, 1.54) is 56.5 Å². The van der Waals surface area contributed by atoms with E-state index in [4.69, 9.17) is 9.47 Å². The molecule has 0 aromatic heterocycles. The predicted molar refractivity (Wildman–Crippen MR) is 113 cm³/mol. The molecule has 3 rings (SSSR count). The molecule has 0 saturated heterocycles. The molecule has 1 aliphatic heterocycles. The van der Waals surface area contributed by atoms with E-state index >= 15 is 0 Å². The third-order valence-corrected chi connectivity index (χ3v) is 4.70. The molecule has 0 fully saturated rings. The van der Waals surface area contributed by atoms with Crippen LogP contribution in [0.1, 0.15) is 27.6 Å². The van der Waals surface area contributed by atoms with Crippen molar-refractivity contribution in [2.45, 2.75) is 13.0 Å². The van der Waals surface area contributed by atoms with Crippen LogP contribution in [0.2, 0.25) is 0 Å². The second-order valence-corrected chi connectivity index (χ2v) is 6.64. The van der Waals surface area contributed by atoms with Gasteiger partial charge in [-0.15, -0.1) is 0 Å². The van der Waals surface area contributed by atoms with Gasteiger partial charge in [-0.25, -0.2) is 14.6 Å². The van der Waals surface area contributed by atoms with Crippen LogP contribution in [0, 0.1) is 0 Å². The molecular formula is C23H20N2O6. The lowest BCUT2D eigenvalue weighted by molar-refractivity contribution is -0.144. The Morgan fingerprint density at radius 3 is 2.03 bits per heavy atom. The number of ketones is 2. The fourth-order valence-electron chi connectivity index (χ4n) is 3.09. The van der Waals surface area contributed by atoms with Crippen LogP contribution >= 0.6 is 0 Å². The summed E-state index contributed by atoms with van der Waals surface area (Å²) in [5, 5.41) is 5.61. The highest BCUT2D eigenvalue weighted by Crippen LogP contribution is 2.27. The molecule has 2 aromatic rings. The van der Waals surface area contributed by atoms with Gasteiger partial charge in [0.25, 0.3) is 0 Å². The molecule has 1 aliphatic rings. The van der Waals surface area contributed by atoms with Crippen molar-refractivity contribution in [3.8, 4) is 0 Å². The van der Waals surface area contributed by atoms with E-state index in [9.17, 15) is 19.2 Å². The second-order valence-electron chi connectivity index (χ2n) is 6.64. The van der Waals surface area contributed by atoms with E-state index in [1.54, 1.807) is 30.3 Å². The highest BCUT2D eigenvalue weighted by Gasteiger charge is 2.39. The summed E-state index contributed by atoms with van der Waals surface area (Å²) >= 11 is 0. The van der Waals surface area contributed by atoms with Gasteiger partial charge in [0.1, 0.15) is 5.71 Å². The molecule has 31 heavy (non-hydrogen) atoms. The van der Waals surface area contributed by atoms with Crippen LogP contribution in [0.3, 0.4) is 0 Å². The number of hydrogen-bond donors (Lipinski definition) is 0. The Morgan fingerprint density at radius 2 is 1.48 bits per heavy atom. The van der Waals surface area contributed by atoms with Crippen molar-refractivity contribution in [2.24, 2.45) is 5.10 Å². The fraction of sp³-hybridized carbons (Fsp3) is 0.174. The molecule has 1 unspecified atom stereocenters. The summed E-state index contributed by atoms with van der Waals surface area (Å²) in [6, 6.07) is 13.5. The highest BCUT2D eigenvalue weighted by molar-refractivity contribution is 6.50. The third-order valence-electron chi connectivity index (χ3n) is 4.70. The average molecular weight is 420 g/mol. The van der Waals surface area contributed by atoms with Crippen molar-refractivity contribution in [3.05, 3.63) is 77.4 Å². The second kappa shape index (κ2) is 9.17. The molecule has 0 amide bonds. The number of para-hydroxylation sites is 1. The Balaban J connectivity index is 2.11. The number of carbonyl (C=O) groups is 4. The number of Topliss-reactive ketones (excluding diaryl/α,β-unsaturated/α-hetero) is 2. The summed E-state index contributed by atoms with van der Waals surface area (Å²) < 4.78 is 9.70. The van der Waals surface area contributed by atoms with E-state index in [2.05, 4.69) is 5.10 Å². The molecule has 0 saturated carbocycles. The Hall–Kier alpha value is -4.07. The van der Waals surface area contributed by atoms with Crippen molar-refractivity contribution in [3.63, 3.8) is 0 Å². The monoisotopic (exact) mass is 420 g/mol. The minimum Gasteiger partial charge on any atom is -0.467 e. The molecule has 0 spiro atoms. The fourth-order valence-corrected chi connectivity index (χ4v) is 3.09. The van der Waals surface area contributed by atoms with E-state index in [1.807, 2.05) is 0 Å². The summed E-state index contributed by atoms with van der Waals surface area (Å²) in [6.07, 6.45) is 1.23. The van der Waals surface area contributed by atoms with Gasteiger partial charge in [-0.05, 0) is 25.1 Å². The van der Waals surface area contributed by atoms with Gasteiger partial charge in [0, 0.05) is 11.1 Å². The molecule has 8 nitrogen and oxygen atoms in total. The minimum atomic E-state index is -1.23. The van der Waals surface area contributed by atoms with Crippen LogP contribution < -0.4 is 5.01 Å². The number of rotatable bonds is 6. The Morgan fingerprint density at radius 1 is 0.871 bits per heavy atom. The topological polar surface area (TPSA) is 102 Å². The van der Waals surface area contributed by atoms with Crippen molar-refractivity contribution in [1.29, 1.82) is 0 Å². The van der Waals surface area contributed by atoms with Crippen molar-refractivity contribution < 1.29 is 28.7 Å². The number of anilines is 1. The van der Waals surface area contributed by atoms with Gasteiger partial charge < -0.3 is 9.47 Å². The SMILES string of the molecule is COC(=O)C1=CC(C(=O)c2ccc(C(C)=O)cc2)=NN(c2ccccc2)C1C(=O)OC. The van der Waals surface area contributed by atoms with Crippen LogP contribution in [0.25, 0.3) is 0 Å². The highest BCUT2D eigenvalue weighted by atomic mass is 16.5. The smallest absolute Gasteiger partial charge is 0.336 e. The maximum absolute atomic E-state index is 13.1. The van der Waals surface area contributed by atoms with Crippen LogP contribution in [0.15, 0.2) is 71.3 Å². The zero-order chi connectivity index (χ0) is 22.5.